The molecule has 0 aliphatic rings. The van der Waals surface area contributed by atoms with Crippen molar-refractivity contribution in [3.63, 3.8) is 0 Å². The third kappa shape index (κ3) is 4.09. The third-order valence-corrected chi connectivity index (χ3v) is 5.16. The molecule has 2 heterocycles. The predicted octanol–water partition coefficient (Wildman–Crippen LogP) is 4.44. The van der Waals surface area contributed by atoms with Crippen LogP contribution >= 0.6 is 0 Å². The molecule has 0 fully saturated rings. The Morgan fingerprint density at radius 1 is 1.10 bits per heavy atom. The van der Waals surface area contributed by atoms with E-state index in [1.807, 2.05) is 61.5 Å². The molecule has 4 aromatic rings. The Morgan fingerprint density at radius 3 is 2.53 bits per heavy atom. The van der Waals surface area contributed by atoms with Gasteiger partial charge in [0, 0.05) is 29.9 Å². The minimum Gasteiger partial charge on any atom is -0.396 e. The zero-order valence-corrected chi connectivity index (χ0v) is 17.0. The van der Waals surface area contributed by atoms with Crippen molar-refractivity contribution in [3.8, 4) is 11.3 Å². The van der Waals surface area contributed by atoms with Gasteiger partial charge in [0.25, 0.3) is 5.91 Å². The van der Waals surface area contributed by atoms with E-state index in [2.05, 4.69) is 22.3 Å². The van der Waals surface area contributed by atoms with Crippen LogP contribution in [-0.2, 0) is 0 Å². The molecular weight excluding hydrogens is 376 g/mol. The molecular formula is C24H24N4O2. The minimum absolute atomic E-state index is 0.148. The van der Waals surface area contributed by atoms with Crippen molar-refractivity contribution in [2.75, 3.05) is 11.9 Å². The molecule has 1 atom stereocenters. The number of carbonyl (C=O) groups excluding carboxylic acids is 1. The Hall–Kier alpha value is -3.51. The van der Waals surface area contributed by atoms with Crippen molar-refractivity contribution in [3.05, 3.63) is 83.6 Å². The van der Waals surface area contributed by atoms with Gasteiger partial charge in [0.2, 0.25) is 0 Å². The number of nitrogens with one attached hydrogen (secondary N) is 1. The number of nitrogens with zero attached hydrogens (tertiary/aromatic N) is 3. The van der Waals surface area contributed by atoms with E-state index < -0.39 is 0 Å². The molecule has 0 bridgehead atoms. The number of fused-ring (bicyclic) bond motifs is 1. The summed E-state index contributed by atoms with van der Waals surface area (Å²) in [5.41, 5.74) is 5.04. The summed E-state index contributed by atoms with van der Waals surface area (Å²) in [6, 6.07) is 21.1. The number of benzene rings is 2. The average molecular weight is 400 g/mol. The summed E-state index contributed by atoms with van der Waals surface area (Å²) in [5, 5.41) is 16.6. The van der Waals surface area contributed by atoms with Gasteiger partial charge in [-0.25, -0.2) is 9.50 Å². The quantitative estimate of drug-likeness (QED) is 0.501. The number of amides is 1. The van der Waals surface area contributed by atoms with Gasteiger partial charge in [0.05, 0.1) is 11.4 Å². The second-order valence-corrected chi connectivity index (χ2v) is 7.44. The van der Waals surface area contributed by atoms with Gasteiger partial charge < -0.3 is 10.4 Å². The molecule has 2 aromatic heterocycles. The van der Waals surface area contributed by atoms with Gasteiger partial charge in [-0.1, -0.05) is 49.4 Å². The summed E-state index contributed by atoms with van der Waals surface area (Å²) in [6.45, 7) is 4.12. The zero-order chi connectivity index (χ0) is 21.1. The number of carbonyl (C=O) groups is 1. The maximum absolute atomic E-state index is 12.8. The van der Waals surface area contributed by atoms with Crippen molar-refractivity contribution < 1.29 is 9.90 Å². The van der Waals surface area contributed by atoms with Crippen LogP contribution in [0.2, 0.25) is 0 Å². The maximum Gasteiger partial charge on any atom is 0.256 e. The number of rotatable bonds is 6. The van der Waals surface area contributed by atoms with Crippen molar-refractivity contribution >= 4 is 17.4 Å². The second-order valence-electron chi connectivity index (χ2n) is 7.44. The third-order valence-electron chi connectivity index (χ3n) is 5.16. The van der Waals surface area contributed by atoms with Crippen LogP contribution in [0.15, 0.2) is 66.7 Å². The standard InChI is InChI=1S/C24H24N4O2/c1-16(12-13-29)18-8-10-20(11-9-18)24(30)26-22-15-21(19-6-4-3-5-7-19)28-23(25-22)14-17(2)27-28/h3-11,14-16,29H,12-13H2,1-2H3,(H,25,26,30)/t16-/m0/s1. The van der Waals surface area contributed by atoms with Gasteiger partial charge in [-0.05, 0) is 37.0 Å². The van der Waals surface area contributed by atoms with Gasteiger partial charge in [-0.2, -0.15) is 5.10 Å². The molecule has 0 radical (unpaired) electrons. The van der Waals surface area contributed by atoms with E-state index in [0.717, 1.165) is 22.5 Å². The van der Waals surface area contributed by atoms with E-state index in [4.69, 9.17) is 5.11 Å². The first-order valence-electron chi connectivity index (χ1n) is 10.00. The fourth-order valence-corrected chi connectivity index (χ4v) is 3.48. The van der Waals surface area contributed by atoms with Crippen LogP contribution < -0.4 is 5.32 Å². The van der Waals surface area contributed by atoms with Gasteiger partial charge >= 0.3 is 0 Å². The van der Waals surface area contributed by atoms with Crippen LogP contribution in [0.1, 0.15) is 40.9 Å². The first-order chi connectivity index (χ1) is 14.5. The lowest BCUT2D eigenvalue weighted by atomic mass is 9.97. The molecule has 4 rings (SSSR count). The molecule has 6 heteroatoms. The fraction of sp³-hybridized carbons (Fsp3) is 0.208. The second kappa shape index (κ2) is 8.47. The molecule has 1 amide bonds. The molecule has 2 aromatic carbocycles. The van der Waals surface area contributed by atoms with Gasteiger partial charge in [0.1, 0.15) is 5.82 Å². The lowest BCUT2D eigenvalue weighted by molar-refractivity contribution is 0.102. The summed E-state index contributed by atoms with van der Waals surface area (Å²) < 4.78 is 1.79. The number of aryl methyl sites for hydroxylation is 1. The van der Waals surface area contributed by atoms with Crippen LogP contribution in [0, 0.1) is 6.92 Å². The molecule has 0 unspecified atom stereocenters. The Labute approximate surface area is 175 Å². The van der Waals surface area contributed by atoms with Crippen LogP contribution in [0.5, 0.6) is 0 Å². The number of anilines is 1. The van der Waals surface area contributed by atoms with Crippen molar-refractivity contribution in [2.45, 2.75) is 26.2 Å². The lowest BCUT2D eigenvalue weighted by Crippen LogP contribution is -2.14. The number of hydrogen-bond acceptors (Lipinski definition) is 4. The Balaban J connectivity index is 1.63. The van der Waals surface area contributed by atoms with E-state index in [9.17, 15) is 4.79 Å². The van der Waals surface area contributed by atoms with Gasteiger partial charge in [-0.15, -0.1) is 0 Å². The van der Waals surface area contributed by atoms with Gasteiger partial charge in [0.15, 0.2) is 5.65 Å². The van der Waals surface area contributed by atoms with Crippen LogP contribution in [0.25, 0.3) is 16.9 Å². The highest BCUT2D eigenvalue weighted by Crippen LogP contribution is 2.24. The number of aliphatic hydroxyl groups excluding tert-OH is 1. The van der Waals surface area contributed by atoms with E-state index in [0.29, 0.717) is 23.4 Å². The van der Waals surface area contributed by atoms with E-state index >= 15 is 0 Å². The van der Waals surface area contributed by atoms with Crippen LogP contribution in [-0.4, -0.2) is 32.2 Å². The van der Waals surface area contributed by atoms with Crippen LogP contribution in [0.4, 0.5) is 5.82 Å². The van der Waals surface area contributed by atoms with E-state index in [1.165, 1.54) is 0 Å². The molecule has 152 valence electrons. The summed E-state index contributed by atoms with van der Waals surface area (Å²) in [5.74, 6) is 0.502. The SMILES string of the molecule is Cc1cc2nc(NC(=O)c3ccc([C@@H](C)CCO)cc3)cc(-c3ccccc3)n2n1. The summed E-state index contributed by atoms with van der Waals surface area (Å²) in [4.78, 5) is 17.4. The largest absolute Gasteiger partial charge is 0.396 e. The average Bonchev–Trinajstić information content (AvgIpc) is 3.14. The summed E-state index contributed by atoms with van der Waals surface area (Å²) in [7, 11) is 0. The Bertz CT molecular complexity index is 1170. The fourth-order valence-electron chi connectivity index (χ4n) is 3.48. The predicted molar refractivity (Wildman–Crippen MR) is 118 cm³/mol. The summed E-state index contributed by atoms with van der Waals surface area (Å²) >= 11 is 0. The van der Waals surface area contributed by atoms with Gasteiger partial charge in [-0.3, -0.25) is 4.79 Å². The highest BCUT2D eigenvalue weighted by atomic mass is 16.3. The molecule has 0 saturated heterocycles. The van der Waals surface area contributed by atoms with Crippen molar-refractivity contribution in [2.24, 2.45) is 0 Å². The molecule has 0 aliphatic carbocycles. The lowest BCUT2D eigenvalue weighted by Gasteiger charge is -2.12. The normalized spacial score (nSPS) is 12.1. The van der Waals surface area contributed by atoms with Crippen molar-refractivity contribution in [1.82, 2.24) is 14.6 Å². The molecule has 0 spiro atoms. The zero-order valence-electron chi connectivity index (χ0n) is 17.0. The first kappa shape index (κ1) is 19.8. The van der Waals surface area contributed by atoms with Crippen LogP contribution in [0.3, 0.4) is 0 Å². The summed E-state index contributed by atoms with van der Waals surface area (Å²) in [6.07, 6.45) is 0.697. The molecule has 0 saturated carbocycles. The smallest absolute Gasteiger partial charge is 0.256 e. The maximum atomic E-state index is 12.8. The molecule has 0 aliphatic heterocycles. The first-order valence-corrected chi connectivity index (χ1v) is 10.00. The monoisotopic (exact) mass is 400 g/mol. The molecule has 6 nitrogen and oxygen atoms in total. The molecule has 2 N–H and O–H groups in total. The number of aliphatic hydroxyl groups is 1. The topological polar surface area (TPSA) is 79.5 Å². The highest BCUT2D eigenvalue weighted by molar-refractivity contribution is 6.04. The molecule has 30 heavy (non-hydrogen) atoms. The highest BCUT2D eigenvalue weighted by Gasteiger charge is 2.13. The van der Waals surface area contributed by atoms with Crippen molar-refractivity contribution in [1.29, 1.82) is 0 Å². The Kier molecular flexibility index (Phi) is 5.59. The van der Waals surface area contributed by atoms with E-state index in [1.54, 1.807) is 16.6 Å². The van der Waals surface area contributed by atoms with E-state index in [-0.39, 0.29) is 18.4 Å². The number of aromatic nitrogens is 3. The Morgan fingerprint density at radius 2 is 1.83 bits per heavy atom. The minimum atomic E-state index is -0.219. The number of hydrogen-bond donors (Lipinski definition) is 2.